The predicted molar refractivity (Wildman–Crippen MR) is 62.3 cm³/mol. The first-order valence-electron chi connectivity index (χ1n) is 5.13. The maximum absolute atomic E-state index is 11.6. The van der Waals surface area contributed by atoms with Crippen LogP contribution in [0, 0.1) is 11.3 Å². The molecule has 0 bridgehead atoms. The van der Waals surface area contributed by atoms with E-state index >= 15 is 0 Å². The first-order chi connectivity index (χ1) is 8.41. The molecule has 1 heterocycles. The van der Waals surface area contributed by atoms with Gasteiger partial charge >= 0.3 is 5.97 Å². The maximum Gasteiger partial charge on any atom is 0.329 e. The maximum atomic E-state index is 11.6. The molecule has 0 N–H and O–H groups in total. The Balaban J connectivity index is 3.32. The van der Waals surface area contributed by atoms with Gasteiger partial charge in [-0.15, -0.1) is 0 Å². The summed E-state index contributed by atoms with van der Waals surface area (Å²) in [5.41, 5.74) is -0.0963. The fraction of sp³-hybridized carbons (Fsp3) is 0.364. The number of esters is 1. The molecule has 0 saturated heterocycles. The number of ether oxygens (including phenoxy) is 1. The monoisotopic (exact) mass is 268 g/mol. The summed E-state index contributed by atoms with van der Waals surface area (Å²) in [6.45, 7) is 1.71. The minimum absolute atomic E-state index is 0.0963. The number of aromatic nitrogens is 1. The van der Waals surface area contributed by atoms with E-state index in [0.29, 0.717) is 0 Å². The van der Waals surface area contributed by atoms with Gasteiger partial charge in [0.25, 0.3) is 0 Å². The molecule has 1 atom stereocenters. The summed E-state index contributed by atoms with van der Waals surface area (Å²) in [5.74, 6) is -2.14. The quantitative estimate of drug-likeness (QED) is 0.744. The number of nitriles is 1. The van der Waals surface area contributed by atoms with Crippen molar-refractivity contribution in [2.24, 2.45) is 0 Å². The average Bonchev–Trinajstić information content (AvgIpc) is 2.29. The Morgan fingerprint density at radius 2 is 2.28 bits per heavy atom. The van der Waals surface area contributed by atoms with Crippen LogP contribution in [0.2, 0.25) is 0 Å². The van der Waals surface area contributed by atoms with Crippen LogP contribution in [0.3, 0.4) is 0 Å². The zero-order valence-corrected chi connectivity index (χ0v) is 10.8. The van der Waals surface area contributed by atoms with Crippen molar-refractivity contribution in [1.29, 1.82) is 5.26 Å². The average molecular weight is 268 g/mol. The largest absolute Gasteiger partial charge is 0.465 e. The number of sulfone groups is 1. The molecule has 0 saturated carbocycles. The van der Waals surface area contributed by atoms with Crippen molar-refractivity contribution in [2.45, 2.75) is 17.7 Å². The smallest absolute Gasteiger partial charge is 0.329 e. The van der Waals surface area contributed by atoms with E-state index in [1.165, 1.54) is 18.3 Å². The summed E-state index contributed by atoms with van der Waals surface area (Å²) in [7, 11) is -3.56. The van der Waals surface area contributed by atoms with Crippen LogP contribution >= 0.6 is 0 Å². The Kier molecular flexibility index (Phi) is 4.39. The molecule has 1 aromatic rings. The fourth-order valence-electron chi connectivity index (χ4n) is 1.38. The first kappa shape index (κ1) is 14.1. The summed E-state index contributed by atoms with van der Waals surface area (Å²) in [4.78, 5) is 15.3. The zero-order chi connectivity index (χ0) is 13.8. The molecule has 0 amide bonds. The van der Waals surface area contributed by atoms with Crippen molar-refractivity contribution < 1.29 is 17.9 Å². The van der Waals surface area contributed by atoms with Crippen LogP contribution in [0.1, 0.15) is 18.5 Å². The standard InChI is InChI=1S/C11H12N2O4S/c1-3-17-11(14)8(7-12)10-9(18(2,15)16)5-4-6-13-10/h4-6,8H,3H2,1-2H3. The number of pyridine rings is 1. The Labute approximate surface area is 105 Å². The molecule has 0 spiro atoms. The van der Waals surface area contributed by atoms with E-state index in [-0.39, 0.29) is 17.2 Å². The van der Waals surface area contributed by atoms with Gasteiger partial charge in [0.2, 0.25) is 0 Å². The second-order valence-corrected chi connectivity index (χ2v) is 5.46. The summed E-state index contributed by atoms with van der Waals surface area (Å²) < 4.78 is 27.8. The van der Waals surface area contributed by atoms with Gasteiger partial charge in [-0.05, 0) is 19.1 Å². The minimum Gasteiger partial charge on any atom is -0.465 e. The van der Waals surface area contributed by atoms with Crippen LogP contribution in [-0.2, 0) is 19.4 Å². The molecule has 6 nitrogen and oxygen atoms in total. The molecule has 1 unspecified atom stereocenters. The first-order valence-corrected chi connectivity index (χ1v) is 7.02. The number of nitrogens with zero attached hydrogens (tertiary/aromatic N) is 2. The molecule has 0 radical (unpaired) electrons. The molecule has 0 aliphatic carbocycles. The summed E-state index contributed by atoms with van der Waals surface area (Å²) in [6.07, 6.45) is 2.32. The Morgan fingerprint density at radius 3 is 2.78 bits per heavy atom. The topological polar surface area (TPSA) is 97.1 Å². The molecular formula is C11H12N2O4S. The molecule has 96 valence electrons. The van der Waals surface area contributed by atoms with Crippen molar-refractivity contribution in [3.8, 4) is 6.07 Å². The number of carbonyl (C=O) groups excluding carboxylic acids is 1. The van der Waals surface area contributed by atoms with Gasteiger partial charge in [0.05, 0.1) is 23.3 Å². The summed E-state index contributed by atoms with van der Waals surface area (Å²) in [5, 5.41) is 8.98. The van der Waals surface area contributed by atoms with Crippen molar-refractivity contribution >= 4 is 15.8 Å². The number of carbonyl (C=O) groups is 1. The number of hydrogen-bond donors (Lipinski definition) is 0. The molecule has 1 aromatic heterocycles. The van der Waals surface area contributed by atoms with Crippen LogP contribution in [0.15, 0.2) is 23.2 Å². The third kappa shape index (κ3) is 3.05. The number of hydrogen-bond acceptors (Lipinski definition) is 6. The highest BCUT2D eigenvalue weighted by Gasteiger charge is 2.28. The molecule has 0 fully saturated rings. The Bertz CT molecular complexity index is 589. The van der Waals surface area contributed by atoms with Crippen molar-refractivity contribution in [1.82, 2.24) is 4.98 Å². The summed E-state index contributed by atoms with van der Waals surface area (Å²) >= 11 is 0. The number of rotatable bonds is 4. The molecule has 0 aliphatic heterocycles. The van der Waals surface area contributed by atoms with Gasteiger partial charge in [0.15, 0.2) is 15.8 Å². The minimum atomic E-state index is -3.56. The lowest BCUT2D eigenvalue weighted by molar-refractivity contribution is -0.143. The fourth-order valence-corrected chi connectivity index (χ4v) is 2.26. The van der Waals surface area contributed by atoms with E-state index in [1.807, 2.05) is 0 Å². The van der Waals surface area contributed by atoms with Crippen LogP contribution in [0.5, 0.6) is 0 Å². The molecular weight excluding hydrogens is 256 g/mol. The molecule has 0 aliphatic rings. The Morgan fingerprint density at radius 1 is 1.61 bits per heavy atom. The highest BCUT2D eigenvalue weighted by molar-refractivity contribution is 7.90. The van der Waals surface area contributed by atoms with Gasteiger partial charge in [-0.3, -0.25) is 9.78 Å². The lowest BCUT2D eigenvalue weighted by atomic mass is 10.1. The van der Waals surface area contributed by atoms with Crippen LogP contribution in [0.25, 0.3) is 0 Å². The third-order valence-corrected chi connectivity index (χ3v) is 3.27. The summed E-state index contributed by atoms with van der Waals surface area (Å²) in [6, 6.07) is 4.45. The lowest BCUT2D eigenvalue weighted by Crippen LogP contribution is -2.18. The second kappa shape index (κ2) is 5.60. The molecule has 0 aromatic carbocycles. The van der Waals surface area contributed by atoms with Crippen LogP contribution < -0.4 is 0 Å². The van der Waals surface area contributed by atoms with E-state index in [4.69, 9.17) is 10.00 Å². The van der Waals surface area contributed by atoms with Crippen LogP contribution in [-0.4, -0.2) is 32.2 Å². The zero-order valence-electron chi connectivity index (χ0n) is 9.95. The van der Waals surface area contributed by atoms with Gasteiger partial charge in [0, 0.05) is 12.5 Å². The van der Waals surface area contributed by atoms with Gasteiger partial charge in [0.1, 0.15) is 0 Å². The van der Waals surface area contributed by atoms with E-state index in [0.717, 1.165) is 6.26 Å². The van der Waals surface area contributed by atoms with Crippen molar-refractivity contribution in [3.05, 3.63) is 24.0 Å². The molecule has 18 heavy (non-hydrogen) atoms. The van der Waals surface area contributed by atoms with Gasteiger partial charge in [-0.1, -0.05) is 0 Å². The highest BCUT2D eigenvalue weighted by Crippen LogP contribution is 2.22. The normalized spacial score (nSPS) is 12.5. The van der Waals surface area contributed by atoms with E-state index in [2.05, 4.69) is 4.98 Å². The Hall–Kier alpha value is -1.94. The van der Waals surface area contributed by atoms with Gasteiger partial charge in [-0.2, -0.15) is 5.26 Å². The predicted octanol–water partition coefficient (Wildman–Crippen LogP) is 0.655. The van der Waals surface area contributed by atoms with Crippen LogP contribution in [0.4, 0.5) is 0 Å². The van der Waals surface area contributed by atoms with E-state index in [1.54, 1.807) is 13.0 Å². The van der Waals surface area contributed by atoms with Crippen molar-refractivity contribution in [2.75, 3.05) is 12.9 Å². The molecule has 1 rings (SSSR count). The molecule has 7 heteroatoms. The lowest BCUT2D eigenvalue weighted by Gasteiger charge is -2.11. The highest BCUT2D eigenvalue weighted by atomic mass is 32.2. The van der Waals surface area contributed by atoms with Crippen molar-refractivity contribution in [3.63, 3.8) is 0 Å². The SMILES string of the molecule is CCOC(=O)C(C#N)c1ncccc1S(C)(=O)=O. The van der Waals surface area contributed by atoms with E-state index in [9.17, 15) is 13.2 Å². The second-order valence-electron chi connectivity index (χ2n) is 3.47. The van der Waals surface area contributed by atoms with Gasteiger partial charge < -0.3 is 4.74 Å². The van der Waals surface area contributed by atoms with Gasteiger partial charge in [-0.25, -0.2) is 8.42 Å². The third-order valence-electron chi connectivity index (χ3n) is 2.12. The van der Waals surface area contributed by atoms with E-state index < -0.39 is 21.7 Å².